The lowest BCUT2D eigenvalue weighted by Gasteiger charge is -2.25. The summed E-state index contributed by atoms with van der Waals surface area (Å²) in [5.41, 5.74) is 2.36. The summed E-state index contributed by atoms with van der Waals surface area (Å²) in [7, 11) is -3.70. The first kappa shape index (κ1) is 27.2. The average molecular weight is 526 g/mol. The van der Waals surface area contributed by atoms with Crippen molar-refractivity contribution in [2.75, 3.05) is 10.0 Å². The number of ether oxygens (including phenoxy) is 1. The molecule has 0 aliphatic carbocycles. The molecule has 0 saturated heterocycles. The molecule has 0 fully saturated rings. The summed E-state index contributed by atoms with van der Waals surface area (Å²) in [6.07, 6.45) is 0.400. The normalized spacial score (nSPS) is 12.3. The van der Waals surface area contributed by atoms with Gasteiger partial charge in [0.25, 0.3) is 10.0 Å². The number of nitrogens with one attached hydrogen (secondary N) is 3. The van der Waals surface area contributed by atoms with E-state index in [4.69, 9.17) is 17.0 Å². The smallest absolute Gasteiger partial charge is 0.329 e. The minimum absolute atomic E-state index is 0.187. The van der Waals surface area contributed by atoms with E-state index in [-0.39, 0.29) is 10.0 Å². The van der Waals surface area contributed by atoms with Gasteiger partial charge < -0.3 is 15.4 Å². The SMILES string of the molecule is Cc1ccc(S(=O)(=O)Nc2ccc(NC(=S)N[C@H](Cc3ccccc3)C(=O)OC(C)(C)C)cc2)cc1. The molecular formula is C27H31N3O4S2. The fourth-order valence-corrected chi connectivity index (χ4v) is 4.61. The predicted molar refractivity (Wildman–Crippen MR) is 148 cm³/mol. The summed E-state index contributed by atoms with van der Waals surface area (Å²) in [5, 5.41) is 6.33. The van der Waals surface area contributed by atoms with Crippen molar-refractivity contribution in [3.63, 3.8) is 0 Å². The van der Waals surface area contributed by atoms with Crippen molar-refractivity contribution in [2.24, 2.45) is 0 Å². The van der Waals surface area contributed by atoms with Crippen molar-refractivity contribution < 1.29 is 17.9 Å². The zero-order valence-corrected chi connectivity index (χ0v) is 22.4. The van der Waals surface area contributed by atoms with Gasteiger partial charge in [-0.15, -0.1) is 0 Å². The molecule has 0 aliphatic heterocycles. The van der Waals surface area contributed by atoms with Gasteiger partial charge in [-0.3, -0.25) is 4.72 Å². The Morgan fingerprint density at radius 1 is 0.917 bits per heavy atom. The molecule has 0 amide bonds. The second kappa shape index (κ2) is 11.5. The van der Waals surface area contributed by atoms with Crippen LogP contribution in [0.4, 0.5) is 11.4 Å². The van der Waals surface area contributed by atoms with Crippen LogP contribution in [-0.4, -0.2) is 31.1 Å². The maximum atomic E-state index is 12.8. The van der Waals surface area contributed by atoms with E-state index in [1.54, 1.807) is 48.5 Å². The minimum Gasteiger partial charge on any atom is -0.458 e. The summed E-state index contributed by atoms with van der Waals surface area (Å²) < 4.78 is 33.4. The first-order valence-electron chi connectivity index (χ1n) is 11.5. The molecule has 9 heteroatoms. The fraction of sp³-hybridized carbons (Fsp3) is 0.259. The quantitative estimate of drug-likeness (QED) is 0.280. The lowest BCUT2D eigenvalue weighted by atomic mass is 10.1. The highest BCUT2D eigenvalue weighted by Gasteiger charge is 2.26. The van der Waals surface area contributed by atoms with Gasteiger partial charge in [-0.2, -0.15) is 0 Å². The van der Waals surface area contributed by atoms with Crippen molar-refractivity contribution in [2.45, 2.75) is 50.7 Å². The lowest BCUT2D eigenvalue weighted by molar-refractivity contribution is -0.157. The molecule has 190 valence electrons. The predicted octanol–water partition coefficient (Wildman–Crippen LogP) is 5.04. The van der Waals surface area contributed by atoms with Gasteiger partial charge >= 0.3 is 5.97 Å². The molecule has 36 heavy (non-hydrogen) atoms. The van der Waals surface area contributed by atoms with E-state index >= 15 is 0 Å². The minimum atomic E-state index is -3.70. The number of anilines is 2. The number of rotatable bonds is 8. The Labute approximate surface area is 218 Å². The third-order valence-electron chi connectivity index (χ3n) is 5.01. The van der Waals surface area contributed by atoms with E-state index < -0.39 is 27.6 Å². The summed E-state index contributed by atoms with van der Waals surface area (Å²) in [6, 6.07) is 22.2. The number of sulfonamides is 1. The molecular weight excluding hydrogens is 494 g/mol. The Morgan fingerprint density at radius 2 is 1.50 bits per heavy atom. The van der Waals surface area contributed by atoms with Gasteiger partial charge in [-0.1, -0.05) is 48.0 Å². The molecule has 0 saturated carbocycles. The van der Waals surface area contributed by atoms with Gasteiger partial charge in [-0.05, 0) is 81.9 Å². The number of carbonyl (C=O) groups excluding carboxylic acids is 1. The highest BCUT2D eigenvalue weighted by molar-refractivity contribution is 7.92. The Balaban J connectivity index is 1.65. The summed E-state index contributed by atoms with van der Waals surface area (Å²) in [4.78, 5) is 13.0. The second-order valence-corrected chi connectivity index (χ2v) is 11.5. The number of esters is 1. The summed E-state index contributed by atoms with van der Waals surface area (Å²) in [6.45, 7) is 7.34. The molecule has 0 radical (unpaired) electrons. The van der Waals surface area contributed by atoms with E-state index in [0.717, 1.165) is 11.1 Å². The first-order chi connectivity index (χ1) is 16.9. The average Bonchev–Trinajstić information content (AvgIpc) is 2.79. The summed E-state index contributed by atoms with van der Waals surface area (Å²) in [5.74, 6) is -0.406. The third kappa shape index (κ3) is 8.35. The molecule has 0 bridgehead atoms. The second-order valence-electron chi connectivity index (χ2n) is 9.37. The molecule has 1 atom stereocenters. The Hall–Kier alpha value is -3.43. The van der Waals surface area contributed by atoms with Gasteiger partial charge in [0.15, 0.2) is 5.11 Å². The van der Waals surface area contributed by atoms with Crippen LogP contribution in [0.25, 0.3) is 0 Å². The zero-order chi connectivity index (χ0) is 26.3. The van der Waals surface area contributed by atoms with Crippen LogP contribution in [0.5, 0.6) is 0 Å². The molecule has 3 aromatic rings. The monoisotopic (exact) mass is 525 g/mol. The van der Waals surface area contributed by atoms with Crippen molar-refractivity contribution >= 4 is 44.7 Å². The van der Waals surface area contributed by atoms with Gasteiger partial charge in [0.2, 0.25) is 0 Å². The molecule has 0 aromatic heterocycles. The van der Waals surface area contributed by atoms with Crippen molar-refractivity contribution in [1.82, 2.24) is 5.32 Å². The molecule has 3 rings (SSSR count). The van der Waals surface area contributed by atoms with Gasteiger partial charge in [0.1, 0.15) is 11.6 Å². The molecule has 7 nitrogen and oxygen atoms in total. The molecule has 0 unspecified atom stereocenters. The zero-order valence-electron chi connectivity index (χ0n) is 20.7. The van der Waals surface area contributed by atoms with Crippen LogP contribution in [0.2, 0.25) is 0 Å². The Morgan fingerprint density at radius 3 is 2.08 bits per heavy atom. The Kier molecular flexibility index (Phi) is 8.70. The Bertz CT molecular complexity index is 1290. The maximum Gasteiger partial charge on any atom is 0.329 e. The number of hydrogen-bond acceptors (Lipinski definition) is 5. The number of thiocarbonyl (C=S) groups is 1. The van der Waals surface area contributed by atoms with Gasteiger partial charge in [-0.25, -0.2) is 13.2 Å². The number of aryl methyl sites for hydroxylation is 1. The van der Waals surface area contributed by atoms with Crippen LogP contribution >= 0.6 is 12.2 Å². The van der Waals surface area contributed by atoms with E-state index in [2.05, 4.69) is 15.4 Å². The largest absolute Gasteiger partial charge is 0.458 e. The molecule has 3 aromatic carbocycles. The van der Waals surface area contributed by atoms with Crippen LogP contribution in [0, 0.1) is 6.92 Å². The van der Waals surface area contributed by atoms with Crippen LogP contribution in [0.15, 0.2) is 83.8 Å². The third-order valence-corrected chi connectivity index (χ3v) is 6.62. The molecule has 0 spiro atoms. The molecule has 0 aliphatic rings. The number of carbonyl (C=O) groups is 1. The van der Waals surface area contributed by atoms with E-state index in [1.807, 2.05) is 58.0 Å². The van der Waals surface area contributed by atoms with Crippen molar-refractivity contribution in [1.29, 1.82) is 0 Å². The first-order valence-corrected chi connectivity index (χ1v) is 13.3. The fourth-order valence-electron chi connectivity index (χ4n) is 3.29. The number of benzene rings is 3. The van der Waals surface area contributed by atoms with Crippen LogP contribution in [0.3, 0.4) is 0 Å². The van der Waals surface area contributed by atoms with Gasteiger partial charge in [0, 0.05) is 17.8 Å². The molecule has 0 heterocycles. The highest BCUT2D eigenvalue weighted by atomic mass is 32.2. The van der Waals surface area contributed by atoms with Crippen LogP contribution in [0.1, 0.15) is 31.9 Å². The maximum absolute atomic E-state index is 12.8. The van der Waals surface area contributed by atoms with Crippen molar-refractivity contribution in [3.8, 4) is 0 Å². The number of hydrogen-bond donors (Lipinski definition) is 3. The standard InChI is InChI=1S/C27H31N3O4S2/c1-19-10-16-23(17-11-19)36(32,33)30-22-14-12-21(13-15-22)28-26(35)29-24(25(31)34-27(2,3)4)18-20-8-6-5-7-9-20/h5-17,24,30H,18H2,1-4H3,(H2,28,29,35)/t24-/m1/s1. The van der Waals surface area contributed by atoms with E-state index in [9.17, 15) is 13.2 Å². The highest BCUT2D eigenvalue weighted by Crippen LogP contribution is 2.19. The summed E-state index contributed by atoms with van der Waals surface area (Å²) >= 11 is 5.44. The van der Waals surface area contributed by atoms with Crippen LogP contribution < -0.4 is 15.4 Å². The van der Waals surface area contributed by atoms with Gasteiger partial charge in [0.05, 0.1) is 4.90 Å². The van der Waals surface area contributed by atoms with Crippen molar-refractivity contribution in [3.05, 3.63) is 90.0 Å². The van der Waals surface area contributed by atoms with E-state index in [1.165, 1.54) is 0 Å². The molecule has 3 N–H and O–H groups in total. The lowest BCUT2D eigenvalue weighted by Crippen LogP contribution is -2.47. The van der Waals surface area contributed by atoms with Crippen LogP contribution in [-0.2, 0) is 26.0 Å². The topological polar surface area (TPSA) is 96.5 Å². The van der Waals surface area contributed by atoms with E-state index in [0.29, 0.717) is 17.8 Å².